The number of rotatable bonds is 4. The van der Waals surface area contributed by atoms with Crippen molar-refractivity contribution >= 4 is 17.5 Å². The summed E-state index contributed by atoms with van der Waals surface area (Å²) in [5.74, 6) is 0.181. The van der Waals surface area contributed by atoms with Crippen molar-refractivity contribution in [1.82, 2.24) is 14.6 Å². The highest BCUT2D eigenvalue weighted by molar-refractivity contribution is 5.66. The number of nitrogens with zero attached hydrogens (tertiary/aromatic N) is 4. The van der Waals surface area contributed by atoms with E-state index in [0.717, 1.165) is 12.8 Å². The Labute approximate surface area is 152 Å². The van der Waals surface area contributed by atoms with Crippen molar-refractivity contribution in [1.29, 1.82) is 5.26 Å². The molecular formula is C16H17N5O6. The molecule has 0 unspecified atom stereocenters. The lowest BCUT2D eigenvalue weighted by Gasteiger charge is -2.24. The molecular weight excluding hydrogens is 358 g/mol. The Morgan fingerprint density at radius 3 is 2.96 bits per heavy atom. The topological polar surface area (TPSA) is 165 Å². The molecule has 11 heteroatoms. The third kappa shape index (κ3) is 2.84. The monoisotopic (exact) mass is 375 g/mol. The number of hydrogen-bond donors (Lipinski definition) is 3. The largest absolute Gasteiger partial charge is 0.508 e. The first-order valence-corrected chi connectivity index (χ1v) is 8.33. The second kappa shape index (κ2) is 6.34. The maximum Gasteiger partial charge on any atom is 0.508 e. The van der Waals surface area contributed by atoms with Gasteiger partial charge in [0.25, 0.3) is 0 Å². The zero-order chi connectivity index (χ0) is 19.2. The van der Waals surface area contributed by atoms with Crippen LogP contribution in [0.25, 0.3) is 5.52 Å². The summed E-state index contributed by atoms with van der Waals surface area (Å²) in [6, 6.07) is 4.98. The summed E-state index contributed by atoms with van der Waals surface area (Å²) in [5, 5.41) is 34.7. The molecule has 4 rings (SSSR count). The number of aliphatic hydroxyl groups excluding tert-OH is 2. The summed E-state index contributed by atoms with van der Waals surface area (Å²) in [5.41, 5.74) is 4.45. The minimum atomic E-state index is -1.93. The molecule has 0 bridgehead atoms. The maximum absolute atomic E-state index is 11.6. The highest BCUT2D eigenvalue weighted by Crippen LogP contribution is 2.40. The summed E-state index contributed by atoms with van der Waals surface area (Å²) in [6.45, 7) is -0.381. The molecule has 11 nitrogen and oxygen atoms in total. The number of nitriles is 1. The predicted octanol–water partition coefficient (Wildman–Crippen LogP) is -0.533. The van der Waals surface area contributed by atoms with Crippen LogP contribution in [-0.4, -0.2) is 62.0 Å². The molecule has 4 atom stereocenters. The van der Waals surface area contributed by atoms with Gasteiger partial charge in [-0.2, -0.15) is 10.4 Å². The molecule has 0 aromatic carbocycles. The molecule has 0 amide bonds. The van der Waals surface area contributed by atoms with E-state index in [-0.39, 0.29) is 24.2 Å². The van der Waals surface area contributed by atoms with E-state index in [9.17, 15) is 20.3 Å². The lowest BCUT2D eigenvalue weighted by Crippen LogP contribution is -2.41. The van der Waals surface area contributed by atoms with E-state index in [1.165, 1.54) is 16.9 Å². The zero-order valence-corrected chi connectivity index (χ0v) is 14.1. The van der Waals surface area contributed by atoms with Crippen LogP contribution in [0.15, 0.2) is 18.5 Å². The fraction of sp³-hybridized carbons (Fsp3) is 0.500. The number of carbonyl (C=O) groups is 1. The fourth-order valence-electron chi connectivity index (χ4n) is 3.06. The van der Waals surface area contributed by atoms with Crippen LogP contribution in [0.2, 0.25) is 0 Å². The van der Waals surface area contributed by atoms with E-state index >= 15 is 0 Å². The quantitative estimate of drug-likeness (QED) is 0.591. The average molecular weight is 375 g/mol. The molecule has 142 valence electrons. The van der Waals surface area contributed by atoms with Gasteiger partial charge in [-0.15, -0.1) is 0 Å². The second-order valence-electron chi connectivity index (χ2n) is 6.48. The molecule has 1 saturated heterocycles. The normalized spacial score (nSPS) is 30.2. The number of nitrogen functional groups attached to an aromatic ring is 1. The molecule has 0 radical (unpaired) electrons. The van der Waals surface area contributed by atoms with Crippen LogP contribution >= 0.6 is 0 Å². The van der Waals surface area contributed by atoms with Gasteiger partial charge in [-0.25, -0.2) is 14.3 Å². The summed E-state index contributed by atoms with van der Waals surface area (Å²) < 4.78 is 16.9. The summed E-state index contributed by atoms with van der Waals surface area (Å²) in [4.78, 5) is 15.4. The smallest absolute Gasteiger partial charge is 0.431 e. The molecule has 1 aliphatic carbocycles. The minimum Gasteiger partial charge on any atom is -0.431 e. The number of ether oxygens (including phenoxy) is 3. The number of carbonyl (C=O) groups excluding carboxylic acids is 1. The second-order valence-corrected chi connectivity index (χ2v) is 6.48. The maximum atomic E-state index is 11.6. The van der Waals surface area contributed by atoms with Crippen molar-refractivity contribution in [2.75, 3.05) is 12.3 Å². The molecule has 2 fully saturated rings. The number of fused-ring (bicyclic) bond motifs is 1. The van der Waals surface area contributed by atoms with Crippen LogP contribution in [0.1, 0.15) is 18.5 Å². The standard InChI is InChI=1S/C16H17N5O6/c17-6-16(11-4-3-9-14(18)19-7-20-21(9)11)13(23)12(22)10(27-16)5-25-15(24)26-8-1-2-8/h3-4,7-8,10,12-13,22-23H,1-2,5H2,(H2,18,19,20)/t10-,12-,13-,16+/m1/s1. The van der Waals surface area contributed by atoms with Gasteiger partial charge in [0, 0.05) is 0 Å². The van der Waals surface area contributed by atoms with Crippen molar-refractivity contribution in [3.63, 3.8) is 0 Å². The van der Waals surface area contributed by atoms with Crippen LogP contribution in [0.4, 0.5) is 10.6 Å². The number of hydrogen-bond acceptors (Lipinski definition) is 10. The van der Waals surface area contributed by atoms with Crippen molar-refractivity contribution in [2.45, 2.75) is 42.9 Å². The van der Waals surface area contributed by atoms with E-state index in [0.29, 0.717) is 5.52 Å². The summed E-state index contributed by atoms with van der Waals surface area (Å²) in [7, 11) is 0. The molecule has 0 spiro atoms. The zero-order valence-electron chi connectivity index (χ0n) is 14.1. The predicted molar refractivity (Wildman–Crippen MR) is 87.0 cm³/mol. The summed E-state index contributed by atoms with van der Waals surface area (Å²) >= 11 is 0. The number of aromatic nitrogens is 3. The first-order valence-electron chi connectivity index (χ1n) is 8.33. The SMILES string of the molecule is N#C[C@@]1(c2ccc3c(N)ncnn23)O[C@H](COC(=O)OC2CC2)[C@@H](O)[C@H]1O. The third-order valence-electron chi connectivity index (χ3n) is 4.64. The van der Waals surface area contributed by atoms with Gasteiger partial charge in [0.2, 0.25) is 5.60 Å². The molecule has 4 N–H and O–H groups in total. The van der Waals surface area contributed by atoms with Gasteiger partial charge in [-0.05, 0) is 25.0 Å². The van der Waals surface area contributed by atoms with Crippen molar-refractivity contribution in [3.8, 4) is 6.07 Å². The van der Waals surface area contributed by atoms with Crippen molar-refractivity contribution in [3.05, 3.63) is 24.2 Å². The Hall–Kier alpha value is -2.94. The number of nitrogens with two attached hydrogens (primary N) is 1. The van der Waals surface area contributed by atoms with E-state index in [2.05, 4.69) is 10.1 Å². The molecule has 2 aromatic rings. The Kier molecular flexibility index (Phi) is 4.11. The Bertz CT molecular complexity index is 922. The van der Waals surface area contributed by atoms with Gasteiger partial charge in [-0.1, -0.05) is 0 Å². The lowest BCUT2D eigenvalue weighted by molar-refractivity contribution is -0.0724. The highest BCUT2D eigenvalue weighted by Gasteiger charge is 2.57. The molecule has 1 aliphatic heterocycles. The molecule has 27 heavy (non-hydrogen) atoms. The number of aliphatic hydroxyl groups is 2. The van der Waals surface area contributed by atoms with Gasteiger partial charge < -0.3 is 30.2 Å². The van der Waals surface area contributed by atoms with Crippen molar-refractivity contribution in [2.24, 2.45) is 0 Å². The van der Waals surface area contributed by atoms with Gasteiger partial charge in [-0.3, -0.25) is 0 Å². The first-order chi connectivity index (χ1) is 13.0. The van der Waals surface area contributed by atoms with Crippen LogP contribution in [-0.2, 0) is 19.8 Å². The van der Waals surface area contributed by atoms with Crippen LogP contribution in [0.3, 0.4) is 0 Å². The van der Waals surface area contributed by atoms with Crippen LogP contribution in [0.5, 0.6) is 0 Å². The molecule has 1 saturated carbocycles. The van der Waals surface area contributed by atoms with E-state index in [1.54, 1.807) is 6.07 Å². The van der Waals surface area contributed by atoms with E-state index in [4.69, 9.17) is 19.9 Å². The highest BCUT2D eigenvalue weighted by atomic mass is 16.7. The van der Waals surface area contributed by atoms with E-state index < -0.39 is 30.1 Å². The Morgan fingerprint density at radius 1 is 1.48 bits per heavy atom. The van der Waals surface area contributed by atoms with Crippen LogP contribution in [0, 0.1) is 11.3 Å². The molecule has 2 aromatic heterocycles. The van der Waals surface area contributed by atoms with Gasteiger partial charge in [0.05, 0.1) is 5.69 Å². The van der Waals surface area contributed by atoms with Crippen molar-refractivity contribution < 1.29 is 29.2 Å². The molecule has 2 aliphatic rings. The first kappa shape index (κ1) is 17.5. The van der Waals surface area contributed by atoms with Gasteiger partial charge in [0.1, 0.15) is 48.9 Å². The Morgan fingerprint density at radius 2 is 2.26 bits per heavy atom. The fourth-order valence-corrected chi connectivity index (χ4v) is 3.06. The van der Waals surface area contributed by atoms with Gasteiger partial charge >= 0.3 is 6.16 Å². The minimum absolute atomic E-state index is 0.132. The summed E-state index contributed by atoms with van der Waals surface area (Å²) in [6.07, 6.45) is -2.44. The Balaban J connectivity index is 1.59. The van der Waals surface area contributed by atoms with E-state index in [1.807, 2.05) is 6.07 Å². The van der Waals surface area contributed by atoms with Crippen LogP contribution < -0.4 is 5.73 Å². The number of anilines is 1. The average Bonchev–Trinajstić information content (AvgIpc) is 3.30. The van der Waals surface area contributed by atoms with Gasteiger partial charge in [0.15, 0.2) is 5.82 Å². The third-order valence-corrected chi connectivity index (χ3v) is 4.64. The molecule has 3 heterocycles. The lowest BCUT2D eigenvalue weighted by atomic mass is 9.92.